The van der Waals surface area contributed by atoms with Crippen LogP contribution in [-0.2, 0) is 9.16 Å². The minimum absolute atomic E-state index is 0.0223. The zero-order chi connectivity index (χ0) is 18.8. The van der Waals surface area contributed by atoms with Crippen molar-refractivity contribution in [1.82, 2.24) is 0 Å². The molecule has 0 amide bonds. The second kappa shape index (κ2) is 7.54. The molecule has 1 unspecified atom stereocenters. The third-order valence-corrected chi connectivity index (χ3v) is 10.0. The first-order chi connectivity index (χ1) is 11.5. The van der Waals surface area contributed by atoms with E-state index in [0.717, 1.165) is 5.69 Å². The Morgan fingerprint density at radius 2 is 2.12 bits per heavy atom. The molecule has 1 aliphatic heterocycles. The summed E-state index contributed by atoms with van der Waals surface area (Å²) in [6.45, 7) is 13.7. The van der Waals surface area contributed by atoms with E-state index in [1.165, 1.54) is 0 Å². The Kier molecular flexibility index (Phi) is 6.05. The van der Waals surface area contributed by atoms with Gasteiger partial charge < -0.3 is 19.8 Å². The van der Waals surface area contributed by atoms with Gasteiger partial charge in [0, 0.05) is 13.1 Å². The van der Waals surface area contributed by atoms with E-state index < -0.39 is 8.32 Å². The lowest BCUT2D eigenvalue weighted by Gasteiger charge is -2.40. The van der Waals surface area contributed by atoms with Gasteiger partial charge in [-0.1, -0.05) is 32.4 Å². The number of hydrogen-bond donors (Lipinski definition) is 1. The summed E-state index contributed by atoms with van der Waals surface area (Å²) in [4.78, 5) is 2.13. The minimum Gasteiger partial charge on any atom is -0.414 e. The van der Waals surface area contributed by atoms with Crippen LogP contribution in [0.4, 0.5) is 11.4 Å². The average molecular weight is 382 g/mol. The largest absolute Gasteiger partial charge is 0.414 e. The van der Waals surface area contributed by atoms with E-state index in [1.54, 1.807) is 12.1 Å². The van der Waals surface area contributed by atoms with Crippen LogP contribution in [0.1, 0.15) is 26.3 Å². The number of halogens is 1. The number of ether oxygens (including phenoxy) is 1. The minimum atomic E-state index is -1.81. The van der Waals surface area contributed by atoms with Gasteiger partial charge in [0.05, 0.1) is 47.3 Å². The standard InChI is InChI=1S/C18H28ClN3O2Si/c1-18(2,3)25(4,5)24-12-14-11-22(6-7-23-14)16-9-13(10-20)8-15(21)17(16)19/h8-9,14H,6-7,11-12,21H2,1-5H3. The fourth-order valence-corrected chi connectivity index (χ4v) is 3.75. The lowest BCUT2D eigenvalue weighted by molar-refractivity contribution is 0.00688. The Bertz CT molecular complexity index is 668. The van der Waals surface area contributed by atoms with E-state index >= 15 is 0 Å². The van der Waals surface area contributed by atoms with Gasteiger partial charge >= 0.3 is 0 Å². The fourth-order valence-electron chi connectivity index (χ4n) is 2.48. The van der Waals surface area contributed by atoms with Crippen molar-refractivity contribution in [3.8, 4) is 6.07 Å². The van der Waals surface area contributed by atoms with Gasteiger partial charge in [0.2, 0.25) is 0 Å². The number of hydrogen-bond acceptors (Lipinski definition) is 5. The lowest BCUT2D eigenvalue weighted by atomic mass is 10.1. The van der Waals surface area contributed by atoms with Crippen molar-refractivity contribution in [2.45, 2.75) is 45.0 Å². The second-order valence-corrected chi connectivity index (χ2v) is 13.2. The lowest BCUT2D eigenvalue weighted by Crippen LogP contribution is -2.48. The van der Waals surface area contributed by atoms with E-state index in [0.29, 0.717) is 42.6 Å². The van der Waals surface area contributed by atoms with E-state index in [4.69, 9.17) is 26.5 Å². The molecule has 1 aromatic rings. The van der Waals surface area contributed by atoms with Crippen LogP contribution in [0.5, 0.6) is 0 Å². The third kappa shape index (κ3) is 4.67. The highest BCUT2D eigenvalue weighted by Gasteiger charge is 2.38. The maximum Gasteiger partial charge on any atom is 0.192 e. The molecule has 1 atom stereocenters. The van der Waals surface area contributed by atoms with Gasteiger partial charge in [-0.3, -0.25) is 0 Å². The smallest absolute Gasteiger partial charge is 0.192 e. The summed E-state index contributed by atoms with van der Waals surface area (Å²) >= 11 is 6.37. The molecule has 25 heavy (non-hydrogen) atoms. The number of nitriles is 1. The summed E-state index contributed by atoms with van der Waals surface area (Å²) in [5.41, 5.74) is 7.67. The van der Waals surface area contributed by atoms with Crippen molar-refractivity contribution in [3.63, 3.8) is 0 Å². The van der Waals surface area contributed by atoms with Crippen LogP contribution in [0.2, 0.25) is 23.2 Å². The summed E-state index contributed by atoms with van der Waals surface area (Å²) in [6.07, 6.45) is -0.0223. The van der Waals surface area contributed by atoms with Gasteiger partial charge in [-0.05, 0) is 30.3 Å². The molecule has 5 nitrogen and oxygen atoms in total. The van der Waals surface area contributed by atoms with Crippen molar-refractivity contribution in [2.24, 2.45) is 0 Å². The second-order valence-electron chi connectivity index (χ2n) is 8.02. The number of nitrogens with zero attached hydrogens (tertiary/aromatic N) is 2. The van der Waals surface area contributed by atoms with E-state index in [9.17, 15) is 5.26 Å². The Morgan fingerprint density at radius 1 is 1.44 bits per heavy atom. The predicted molar refractivity (Wildman–Crippen MR) is 106 cm³/mol. The molecule has 0 aromatic heterocycles. The Hall–Kier alpha value is -1.26. The molecule has 1 fully saturated rings. The van der Waals surface area contributed by atoms with Gasteiger partial charge in [-0.25, -0.2) is 0 Å². The van der Waals surface area contributed by atoms with Crippen molar-refractivity contribution in [3.05, 3.63) is 22.7 Å². The Morgan fingerprint density at radius 3 is 2.72 bits per heavy atom. The first-order valence-corrected chi connectivity index (χ1v) is 11.8. The highest BCUT2D eigenvalue weighted by molar-refractivity contribution is 6.74. The summed E-state index contributed by atoms with van der Waals surface area (Å²) in [5.74, 6) is 0. The van der Waals surface area contributed by atoms with Crippen LogP contribution in [0.15, 0.2) is 12.1 Å². The molecule has 0 radical (unpaired) electrons. The molecule has 0 bridgehead atoms. The summed E-state index contributed by atoms with van der Waals surface area (Å²) in [6, 6.07) is 5.52. The predicted octanol–water partition coefficient (Wildman–Crippen LogP) is 4.02. The topological polar surface area (TPSA) is 71.5 Å². The van der Waals surface area contributed by atoms with Gasteiger partial charge in [0.1, 0.15) is 0 Å². The third-order valence-electron chi connectivity index (χ3n) is 5.13. The van der Waals surface area contributed by atoms with Crippen molar-refractivity contribution in [1.29, 1.82) is 5.26 Å². The first kappa shape index (κ1) is 20.1. The van der Waals surface area contributed by atoms with Gasteiger partial charge in [-0.15, -0.1) is 0 Å². The first-order valence-electron chi connectivity index (χ1n) is 8.55. The molecule has 1 saturated heterocycles. The molecule has 1 aliphatic rings. The summed E-state index contributed by atoms with van der Waals surface area (Å²) in [7, 11) is -1.81. The fraction of sp³-hybridized carbons (Fsp3) is 0.611. The SMILES string of the molecule is CC(C)(C)[Si](C)(C)OCC1CN(c2cc(C#N)cc(N)c2Cl)CCO1. The molecule has 1 heterocycles. The van der Waals surface area contributed by atoms with Gasteiger partial charge in [0.25, 0.3) is 0 Å². The van der Waals surface area contributed by atoms with Crippen LogP contribution in [0, 0.1) is 11.3 Å². The molecular weight excluding hydrogens is 354 g/mol. The number of rotatable bonds is 4. The van der Waals surface area contributed by atoms with Crippen molar-refractivity contribution in [2.75, 3.05) is 36.9 Å². The molecule has 1 aromatic carbocycles. The number of anilines is 2. The molecule has 0 saturated carbocycles. The van der Waals surface area contributed by atoms with E-state index in [1.807, 2.05) is 0 Å². The Labute approximate surface area is 156 Å². The summed E-state index contributed by atoms with van der Waals surface area (Å²) in [5, 5.41) is 9.83. The zero-order valence-electron chi connectivity index (χ0n) is 15.7. The molecular formula is C18H28ClN3O2Si. The normalized spacial score (nSPS) is 18.9. The number of morpholine rings is 1. The van der Waals surface area contributed by atoms with Crippen molar-refractivity contribution < 1.29 is 9.16 Å². The number of benzene rings is 1. The van der Waals surface area contributed by atoms with Crippen LogP contribution >= 0.6 is 11.6 Å². The molecule has 2 N–H and O–H groups in total. The van der Waals surface area contributed by atoms with Crippen LogP contribution in [-0.4, -0.2) is 40.7 Å². The molecule has 0 spiro atoms. The zero-order valence-corrected chi connectivity index (χ0v) is 17.5. The molecule has 138 valence electrons. The molecule has 2 rings (SSSR count). The number of nitrogens with two attached hydrogens (primary N) is 1. The van der Waals surface area contributed by atoms with Crippen LogP contribution < -0.4 is 10.6 Å². The highest BCUT2D eigenvalue weighted by atomic mass is 35.5. The molecule has 0 aliphatic carbocycles. The van der Waals surface area contributed by atoms with E-state index in [-0.39, 0.29) is 11.1 Å². The van der Waals surface area contributed by atoms with Crippen molar-refractivity contribution >= 4 is 31.3 Å². The quantitative estimate of drug-likeness (QED) is 0.629. The number of nitrogen functional groups attached to an aromatic ring is 1. The van der Waals surface area contributed by atoms with Gasteiger partial charge in [-0.2, -0.15) is 5.26 Å². The average Bonchev–Trinajstić information content (AvgIpc) is 2.54. The van der Waals surface area contributed by atoms with E-state index in [2.05, 4.69) is 44.8 Å². The van der Waals surface area contributed by atoms with Crippen LogP contribution in [0.25, 0.3) is 0 Å². The highest BCUT2D eigenvalue weighted by Crippen LogP contribution is 2.37. The maximum atomic E-state index is 9.17. The molecule has 7 heteroatoms. The van der Waals surface area contributed by atoms with Crippen LogP contribution in [0.3, 0.4) is 0 Å². The van der Waals surface area contributed by atoms with Gasteiger partial charge in [0.15, 0.2) is 8.32 Å². The Balaban J connectivity index is 2.09. The maximum absolute atomic E-state index is 9.17. The summed E-state index contributed by atoms with van der Waals surface area (Å²) < 4.78 is 12.2. The monoisotopic (exact) mass is 381 g/mol.